The molecular formula is C49H80NO8P. The second-order valence-electron chi connectivity index (χ2n) is 14.5. The third kappa shape index (κ3) is 44.1. The van der Waals surface area contributed by atoms with Crippen LogP contribution in [0.2, 0.25) is 0 Å². The van der Waals surface area contributed by atoms with Gasteiger partial charge in [-0.2, -0.15) is 0 Å². The van der Waals surface area contributed by atoms with Gasteiger partial charge in [-0.3, -0.25) is 18.6 Å². The van der Waals surface area contributed by atoms with E-state index in [0.29, 0.717) is 19.4 Å². The number of phosphoric acid groups is 1. The van der Waals surface area contributed by atoms with E-state index in [4.69, 9.17) is 18.5 Å². The highest BCUT2D eigenvalue weighted by Gasteiger charge is 2.26. The molecule has 0 aromatic rings. The second kappa shape index (κ2) is 42.8. The van der Waals surface area contributed by atoms with Crippen molar-refractivity contribution in [2.45, 2.75) is 148 Å². The zero-order chi connectivity index (χ0) is 43.3. The van der Waals surface area contributed by atoms with Crippen molar-refractivity contribution < 1.29 is 37.6 Å². The van der Waals surface area contributed by atoms with Crippen LogP contribution in [0, 0.1) is 0 Å². The van der Waals surface area contributed by atoms with Gasteiger partial charge >= 0.3 is 19.8 Å². The highest BCUT2D eigenvalue weighted by atomic mass is 31.2. The van der Waals surface area contributed by atoms with Crippen molar-refractivity contribution in [3.8, 4) is 0 Å². The first-order valence-corrected chi connectivity index (χ1v) is 23.7. The summed E-state index contributed by atoms with van der Waals surface area (Å²) >= 11 is 0. The average molecular weight is 842 g/mol. The van der Waals surface area contributed by atoms with Gasteiger partial charge in [0.05, 0.1) is 13.2 Å². The summed E-state index contributed by atoms with van der Waals surface area (Å²) in [6.07, 6.45) is 55.8. The Kier molecular flexibility index (Phi) is 40.4. The first-order valence-electron chi connectivity index (χ1n) is 22.2. The molecule has 0 radical (unpaired) electrons. The van der Waals surface area contributed by atoms with E-state index in [1.54, 1.807) is 4.90 Å². The van der Waals surface area contributed by atoms with E-state index in [0.717, 1.165) is 77.0 Å². The molecule has 0 spiro atoms. The zero-order valence-electron chi connectivity index (χ0n) is 37.1. The van der Waals surface area contributed by atoms with E-state index in [1.165, 1.54) is 25.7 Å². The van der Waals surface area contributed by atoms with E-state index in [2.05, 4.69) is 111 Å². The Morgan fingerprint density at radius 1 is 0.542 bits per heavy atom. The number of hydrogen-bond donors (Lipinski definition) is 1. The van der Waals surface area contributed by atoms with Crippen molar-refractivity contribution >= 4 is 19.8 Å². The van der Waals surface area contributed by atoms with Crippen LogP contribution in [0.5, 0.6) is 0 Å². The number of rotatable bonds is 39. The van der Waals surface area contributed by atoms with Crippen molar-refractivity contribution in [1.82, 2.24) is 4.90 Å². The number of carbonyl (C=O) groups excluding carboxylic acids is 2. The monoisotopic (exact) mass is 842 g/mol. The summed E-state index contributed by atoms with van der Waals surface area (Å²) in [7, 11) is -0.773. The van der Waals surface area contributed by atoms with Gasteiger partial charge in [-0.15, -0.1) is 0 Å². The number of likely N-dealkylation sites (N-methyl/N-ethyl adjacent to an activating group) is 1. The molecule has 59 heavy (non-hydrogen) atoms. The number of allylic oxidation sites excluding steroid dienone is 18. The van der Waals surface area contributed by atoms with Crippen molar-refractivity contribution in [3.05, 3.63) is 109 Å². The van der Waals surface area contributed by atoms with E-state index in [9.17, 15) is 19.0 Å². The molecule has 0 aliphatic carbocycles. The van der Waals surface area contributed by atoms with Gasteiger partial charge in [-0.25, -0.2) is 4.57 Å². The van der Waals surface area contributed by atoms with Crippen LogP contribution in [-0.4, -0.2) is 68.3 Å². The smallest absolute Gasteiger partial charge is 0.462 e. The summed E-state index contributed by atoms with van der Waals surface area (Å²) in [6, 6.07) is 0. The normalized spacial score (nSPS) is 14.4. The van der Waals surface area contributed by atoms with Crippen LogP contribution in [-0.2, 0) is 32.7 Å². The molecule has 0 rings (SSSR count). The van der Waals surface area contributed by atoms with Crippen LogP contribution >= 0.6 is 7.82 Å². The third-order valence-corrected chi connectivity index (χ3v) is 9.56. The largest absolute Gasteiger partial charge is 0.472 e. The second-order valence-corrected chi connectivity index (χ2v) is 15.9. The lowest BCUT2D eigenvalue weighted by molar-refractivity contribution is -0.161. The fourth-order valence-corrected chi connectivity index (χ4v) is 5.93. The SMILES string of the molecule is CC/C=C\C/C=C\C/C=C\C/C=C\CCCCCCC(=O)OC(COC(=O)CC/C=C\C/C=C\C/C=C\C/C=C\C/C=C\CCCCC)COP(=O)(O)OCCN(C)C. The summed E-state index contributed by atoms with van der Waals surface area (Å²) in [6.45, 7) is 4.04. The van der Waals surface area contributed by atoms with Gasteiger partial charge < -0.3 is 19.3 Å². The minimum Gasteiger partial charge on any atom is -0.462 e. The summed E-state index contributed by atoms with van der Waals surface area (Å²) in [5.41, 5.74) is 0. The highest BCUT2D eigenvalue weighted by molar-refractivity contribution is 7.47. The molecule has 0 aliphatic rings. The Hall–Kier alpha value is -3.33. The van der Waals surface area contributed by atoms with Crippen LogP contribution < -0.4 is 0 Å². The lowest BCUT2D eigenvalue weighted by Gasteiger charge is -2.20. The van der Waals surface area contributed by atoms with Crippen molar-refractivity contribution in [2.24, 2.45) is 0 Å². The van der Waals surface area contributed by atoms with E-state index in [1.807, 2.05) is 26.2 Å². The number of nitrogens with zero attached hydrogens (tertiary/aromatic N) is 1. The van der Waals surface area contributed by atoms with Crippen LogP contribution in [0.3, 0.4) is 0 Å². The molecule has 2 unspecified atom stereocenters. The number of carbonyl (C=O) groups is 2. The number of esters is 2. The van der Waals surface area contributed by atoms with Crippen LogP contribution in [0.25, 0.3) is 0 Å². The number of hydrogen-bond acceptors (Lipinski definition) is 8. The predicted molar refractivity (Wildman–Crippen MR) is 247 cm³/mol. The Bertz CT molecular complexity index is 1340. The number of unbranched alkanes of at least 4 members (excludes halogenated alkanes) is 7. The standard InChI is InChI=1S/C49H80NO8P/c1-5-7-9-11-13-15-17-19-21-23-24-26-27-29-31-33-35-37-39-41-48(51)55-45-47(46-57-59(53,54)56-44-43-50(3)4)58-49(52)42-40-38-36-34-32-30-28-25-22-20-18-16-14-12-10-8-6-2/h8,10,13-16,19-22,24,26,28-31,35,37,47H,5-7,9,11-12,17-18,23,25,27,32-34,36,38-46H2,1-4H3,(H,53,54)/b10-8-,15-13-,16-14-,21-19-,22-20-,26-24-,30-28-,31-29-,37-35-. The quantitative estimate of drug-likeness (QED) is 0.0280. The Balaban J connectivity index is 4.48. The lowest BCUT2D eigenvalue weighted by atomic mass is 10.1. The fourth-order valence-electron chi connectivity index (χ4n) is 5.19. The maximum Gasteiger partial charge on any atom is 0.472 e. The predicted octanol–water partition coefficient (Wildman–Crippen LogP) is 13.0. The number of ether oxygens (including phenoxy) is 2. The van der Waals surface area contributed by atoms with E-state index >= 15 is 0 Å². The minimum atomic E-state index is -4.39. The first-order chi connectivity index (χ1) is 28.7. The van der Waals surface area contributed by atoms with Gasteiger partial charge in [0.15, 0.2) is 6.10 Å². The highest BCUT2D eigenvalue weighted by Crippen LogP contribution is 2.43. The molecule has 0 saturated heterocycles. The maximum absolute atomic E-state index is 12.7. The fraction of sp³-hybridized carbons (Fsp3) is 0.592. The molecule has 0 aromatic heterocycles. The Labute approximate surface area is 359 Å². The van der Waals surface area contributed by atoms with Gasteiger partial charge in [0.1, 0.15) is 6.61 Å². The van der Waals surface area contributed by atoms with Gasteiger partial charge in [0.2, 0.25) is 0 Å². The molecule has 334 valence electrons. The molecular weight excluding hydrogens is 762 g/mol. The molecule has 0 fully saturated rings. The molecule has 2 atom stereocenters. The summed E-state index contributed by atoms with van der Waals surface area (Å²) in [4.78, 5) is 37.0. The summed E-state index contributed by atoms with van der Waals surface area (Å²) < 4.78 is 33.4. The Morgan fingerprint density at radius 3 is 1.49 bits per heavy atom. The van der Waals surface area contributed by atoms with Crippen LogP contribution in [0.1, 0.15) is 142 Å². The molecule has 0 aromatic carbocycles. The molecule has 0 aliphatic heterocycles. The van der Waals surface area contributed by atoms with Gasteiger partial charge in [0.25, 0.3) is 0 Å². The van der Waals surface area contributed by atoms with Gasteiger partial charge in [-0.05, 0) is 104 Å². The van der Waals surface area contributed by atoms with Crippen molar-refractivity contribution in [1.29, 1.82) is 0 Å². The van der Waals surface area contributed by atoms with Gasteiger partial charge in [-0.1, -0.05) is 149 Å². The summed E-state index contributed by atoms with van der Waals surface area (Å²) in [5.74, 6) is -0.939. The van der Waals surface area contributed by atoms with E-state index in [-0.39, 0.29) is 26.1 Å². The molecule has 10 heteroatoms. The third-order valence-electron chi connectivity index (χ3n) is 8.58. The average Bonchev–Trinajstić information content (AvgIpc) is 3.20. The van der Waals surface area contributed by atoms with Crippen LogP contribution in [0.4, 0.5) is 0 Å². The molecule has 0 amide bonds. The Morgan fingerprint density at radius 2 is 1.00 bits per heavy atom. The molecule has 0 bridgehead atoms. The first kappa shape index (κ1) is 55.7. The summed E-state index contributed by atoms with van der Waals surface area (Å²) in [5, 5.41) is 0. The number of phosphoric ester groups is 1. The molecule has 9 nitrogen and oxygen atoms in total. The maximum atomic E-state index is 12.7. The lowest BCUT2D eigenvalue weighted by Crippen LogP contribution is -2.29. The molecule has 1 N–H and O–H groups in total. The minimum absolute atomic E-state index is 0.0154. The van der Waals surface area contributed by atoms with Crippen LogP contribution in [0.15, 0.2) is 109 Å². The van der Waals surface area contributed by atoms with Gasteiger partial charge in [0, 0.05) is 19.4 Å². The topological polar surface area (TPSA) is 112 Å². The van der Waals surface area contributed by atoms with E-state index < -0.39 is 32.5 Å². The van der Waals surface area contributed by atoms with Crippen molar-refractivity contribution in [2.75, 3.05) is 40.5 Å². The molecule has 0 heterocycles. The zero-order valence-corrected chi connectivity index (χ0v) is 38.0. The molecule has 0 saturated carbocycles. The van der Waals surface area contributed by atoms with Crippen molar-refractivity contribution in [3.63, 3.8) is 0 Å².